The summed E-state index contributed by atoms with van der Waals surface area (Å²) in [5.74, 6) is 0.600. The van der Waals surface area contributed by atoms with Crippen molar-refractivity contribution < 1.29 is 9.47 Å². The first-order chi connectivity index (χ1) is 6.78. The van der Waals surface area contributed by atoms with Crippen molar-refractivity contribution in [2.45, 2.75) is 0 Å². The molecule has 14 heavy (non-hydrogen) atoms. The third kappa shape index (κ3) is 1.46. The molecule has 0 fully saturated rings. The molecular weight excluding hydrogens is 180 g/mol. The van der Waals surface area contributed by atoms with Gasteiger partial charge in [0, 0.05) is 0 Å². The van der Waals surface area contributed by atoms with Gasteiger partial charge < -0.3 is 9.47 Å². The van der Waals surface area contributed by atoms with Crippen molar-refractivity contribution in [2.24, 2.45) is 0 Å². The summed E-state index contributed by atoms with van der Waals surface area (Å²) >= 11 is 0. The predicted octanol–water partition coefficient (Wildman–Crippen LogP) is 1.45. The van der Waals surface area contributed by atoms with Gasteiger partial charge in [-0.15, -0.1) is 0 Å². The molecule has 1 rings (SSSR count). The highest BCUT2D eigenvalue weighted by molar-refractivity contribution is 5.59. The van der Waals surface area contributed by atoms with Crippen LogP contribution in [-0.4, -0.2) is 14.2 Å². The number of nitrogens with zero attached hydrogens (tertiary/aromatic N) is 2. The Morgan fingerprint density at radius 2 is 1.29 bits per heavy atom. The molecule has 0 N–H and O–H groups in total. The maximum Gasteiger partial charge on any atom is 0.179 e. The molecule has 0 aliphatic carbocycles. The van der Waals surface area contributed by atoms with Crippen LogP contribution in [0, 0.1) is 22.7 Å². The fourth-order valence-electron chi connectivity index (χ4n) is 1.14. The van der Waals surface area contributed by atoms with Crippen LogP contribution in [0.5, 0.6) is 11.5 Å². The van der Waals surface area contributed by atoms with E-state index in [0.29, 0.717) is 22.6 Å². The third-order valence-electron chi connectivity index (χ3n) is 1.76. The predicted molar refractivity (Wildman–Crippen MR) is 49.0 cm³/mol. The topological polar surface area (TPSA) is 66.0 Å². The standard InChI is InChI=1S/C10H8N2O2/c1-13-9-7(5-11)3-4-8(6-12)10(9)14-2/h3-4H,1-2H3. The fourth-order valence-corrected chi connectivity index (χ4v) is 1.14. The summed E-state index contributed by atoms with van der Waals surface area (Å²) in [6.45, 7) is 0. The molecule has 0 atom stereocenters. The second-order valence-corrected chi connectivity index (χ2v) is 2.45. The second-order valence-electron chi connectivity index (χ2n) is 2.45. The van der Waals surface area contributed by atoms with Crippen LogP contribution in [0.4, 0.5) is 0 Å². The van der Waals surface area contributed by atoms with Crippen LogP contribution in [0.3, 0.4) is 0 Å². The van der Waals surface area contributed by atoms with Gasteiger partial charge in [0.15, 0.2) is 11.5 Å². The zero-order chi connectivity index (χ0) is 10.6. The van der Waals surface area contributed by atoms with Gasteiger partial charge in [0.1, 0.15) is 12.1 Å². The molecule has 0 heterocycles. The van der Waals surface area contributed by atoms with Crippen LogP contribution >= 0.6 is 0 Å². The lowest BCUT2D eigenvalue weighted by Crippen LogP contribution is -1.96. The summed E-state index contributed by atoms with van der Waals surface area (Å²) < 4.78 is 10.0. The van der Waals surface area contributed by atoms with E-state index in [9.17, 15) is 0 Å². The van der Waals surface area contributed by atoms with Crippen LogP contribution in [0.25, 0.3) is 0 Å². The zero-order valence-corrected chi connectivity index (χ0v) is 7.87. The molecule has 70 valence electrons. The molecule has 0 amide bonds. The SMILES string of the molecule is COc1c(C#N)ccc(C#N)c1OC. The average Bonchev–Trinajstić information content (AvgIpc) is 2.26. The smallest absolute Gasteiger partial charge is 0.179 e. The van der Waals surface area contributed by atoms with Crippen LogP contribution < -0.4 is 9.47 Å². The van der Waals surface area contributed by atoms with Crippen LogP contribution in [-0.2, 0) is 0 Å². The van der Waals surface area contributed by atoms with Crippen molar-refractivity contribution in [2.75, 3.05) is 14.2 Å². The van der Waals surface area contributed by atoms with E-state index in [2.05, 4.69) is 0 Å². The van der Waals surface area contributed by atoms with Gasteiger partial charge in [-0.2, -0.15) is 10.5 Å². The van der Waals surface area contributed by atoms with Gasteiger partial charge in [0.05, 0.1) is 25.3 Å². The van der Waals surface area contributed by atoms with Gasteiger partial charge in [0.25, 0.3) is 0 Å². The number of nitriles is 2. The molecule has 4 heteroatoms. The highest BCUT2D eigenvalue weighted by Crippen LogP contribution is 2.33. The maximum absolute atomic E-state index is 8.76. The molecule has 1 aromatic carbocycles. The van der Waals surface area contributed by atoms with E-state index in [1.54, 1.807) is 0 Å². The van der Waals surface area contributed by atoms with Crippen LogP contribution in [0.2, 0.25) is 0 Å². The maximum atomic E-state index is 8.76. The van der Waals surface area contributed by atoms with Crippen molar-refractivity contribution >= 4 is 0 Å². The van der Waals surface area contributed by atoms with E-state index < -0.39 is 0 Å². The van der Waals surface area contributed by atoms with Crippen LogP contribution in [0.1, 0.15) is 11.1 Å². The van der Waals surface area contributed by atoms with E-state index >= 15 is 0 Å². The van der Waals surface area contributed by atoms with Gasteiger partial charge in [-0.3, -0.25) is 0 Å². The summed E-state index contributed by atoms with van der Waals surface area (Å²) in [5, 5.41) is 17.5. The Labute approximate surface area is 81.9 Å². The summed E-state index contributed by atoms with van der Waals surface area (Å²) in [6.07, 6.45) is 0. The minimum absolute atomic E-state index is 0.300. The summed E-state index contributed by atoms with van der Waals surface area (Å²) in [7, 11) is 2.86. The molecule has 4 nitrogen and oxygen atoms in total. The Morgan fingerprint density at radius 1 is 0.929 bits per heavy atom. The Morgan fingerprint density at radius 3 is 1.50 bits per heavy atom. The molecule has 0 spiro atoms. The van der Waals surface area contributed by atoms with Gasteiger partial charge in [0.2, 0.25) is 0 Å². The van der Waals surface area contributed by atoms with Crippen LogP contribution in [0.15, 0.2) is 12.1 Å². The minimum atomic E-state index is 0.300. The molecule has 0 saturated carbocycles. The molecule has 0 bridgehead atoms. The summed E-state index contributed by atoms with van der Waals surface area (Å²) in [5.41, 5.74) is 0.701. The van der Waals surface area contributed by atoms with Gasteiger partial charge in [-0.05, 0) is 12.1 Å². The van der Waals surface area contributed by atoms with E-state index in [1.165, 1.54) is 26.4 Å². The second kappa shape index (κ2) is 4.15. The molecule has 0 saturated heterocycles. The Hall–Kier alpha value is -2.20. The minimum Gasteiger partial charge on any atom is -0.492 e. The van der Waals surface area contributed by atoms with E-state index in [4.69, 9.17) is 20.0 Å². The van der Waals surface area contributed by atoms with Gasteiger partial charge in [-0.25, -0.2) is 0 Å². The van der Waals surface area contributed by atoms with Gasteiger partial charge in [-0.1, -0.05) is 0 Å². The first kappa shape index (κ1) is 9.88. The number of methoxy groups -OCH3 is 2. The number of ether oxygens (including phenoxy) is 2. The van der Waals surface area contributed by atoms with E-state index in [1.807, 2.05) is 12.1 Å². The molecule has 0 unspecified atom stereocenters. The molecule has 0 aliphatic heterocycles. The lowest BCUT2D eigenvalue weighted by atomic mass is 10.1. The van der Waals surface area contributed by atoms with E-state index in [-0.39, 0.29) is 0 Å². The molecule has 0 aliphatic rings. The van der Waals surface area contributed by atoms with Gasteiger partial charge >= 0.3 is 0 Å². The Balaban J connectivity index is 3.48. The summed E-state index contributed by atoms with van der Waals surface area (Å²) in [6, 6.07) is 6.97. The Bertz CT molecular complexity index is 386. The molecule has 0 aromatic heterocycles. The number of hydrogen-bond donors (Lipinski definition) is 0. The monoisotopic (exact) mass is 188 g/mol. The fraction of sp³-hybridized carbons (Fsp3) is 0.200. The van der Waals surface area contributed by atoms with Crippen molar-refractivity contribution in [1.29, 1.82) is 10.5 Å². The first-order valence-corrected chi connectivity index (χ1v) is 3.83. The lowest BCUT2D eigenvalue weighted by molar-refractivity contribution is 0.353. The normalized spacial score (nSPS) is 8.57. The number of benzene rings is 1. The highest BCUT2D eigenvalue weighted by Gasteiger charge is 2.14. The average molecular weight is 188 g/mol. The quantitative estimate of drug-likeness (QED) is 0.704. The third-order valence-corrected chi connectivity index (χ3v) is 1.76. The number of hydrogen-bond acceptors (Lipinski definition) is 4. The van der Waals surface area contributed by atoms with E-state index in [0.717, 1.165) is 0 Å². The molecular formula is C10H8N2O2. The lowest BCUT2D eigenvalue weighted by Gasteiger charge is -2.09. The largest absolute Gasteiger partial charge is 0.492 e. The molecule has 0 radical (unpaired) electrons. The van der Waals surface area contributed by atoms with Crippen molar-refractivity contribution in [1.82, 2.24) is 0 Å². The summed E-state index contributed by atoms with van der Waals surface area (Å²) in [4.78, 5) is 0. The van der Waals surface area contributed by atoms with Crippen molar-refractivity contribution in [3.05, 3.63) is 23.3 Å². The van der Waals surface area contributed by atoms with Crippen molar-refractivity contribution in [3.63, 3.8) is 0 Å². The Kier molecular flexibility index (Phi) is 2.93. The highest BCUT2D eigenvalue weighted by atomic mass is 16.5. The zero-order valence-electron chi connectivity index (χ0n) is 7.87. The molecule has 1 aromatic rings. The number of rotatable bonds is 2. The first-order valence-electron chi connectivity index (χ1n) is 3.83. The van der Waals surface area contributed by atoms with Crippen molar-refractivity contribution in [3.8, 4) is 23.6 Å².